The molecule has 0 fully saturated rings. The highest BCUT2D eigenvalue weighted by Gasteiger charge is 2.13. The first-order valence-corrected chi connectivity index (χ1v) is 8.86. The summed E-state index contributed by atoms with van der Waals surface area (Å²) in [4.78, 5) is 31.4. The fraction of sp³-hybridized carbons (Fsp3) is 0.353. The summed E-state index contributed by atoms with van der Waals surface area (Å²) in [5.74, 6) is 0.925. The van der Waals surface area contributed by atoms with Crippen molar-refractivity contribution in [2.45, 2.75) is 24.9 Å². The van der Waals surface area contributed by atoms with E-state index in [2.05, 4.69) is 15.3 Å². The van der Waals surface area contributed by atoms with E-state index < -0.39 is 0 Å². The Kier molecular flexibility index (Phi) is 6.46. The van der Waals surface area contributed by atoms with Crippen molar-refractivity contribution in [2.75, 3.05) is 25.8 Å². The Bertz CT molecular complexity index is 820. The quantitative estimate of drug-likeness (QED) is 0.579. The summed E-state index contributed by atoms with van der Waals surface area (Å²) in [6.45, 7) is 1.77. The zero-order valence-corrected chi connectivity index (χ0v) is 15.5. The molecule has 7 nitrogen and oxygen atoms in total. The van der Waals surface area contributed by atoms with Crippen LogP contribution in [0.15, 0.2) is 28.2 Å². The van der Waals surface area contributed by atoms with E-state index in [1.165, 1.54) is 18.9 Å². The van der Waals surface area contributed by atoms with Crippen LogP contribution in [0.5, 0.6) is 11.5 Å². The third-order valence-electron chi connectivity index (χ3n) is 3.68. The molecule has 0 atom stereocenters. The lowest BCUT2D eigenvalue weighted by Crippen LogP contribution is -2.20. The van der Waals surface area contributed by atoms with E-state index in [0.717, 1.165) is 0 Å². The summed E-state index contributed by atoms with van der Waals surface area (Å²) in [6, 6.07) is 5.15. The Balaban J connectivity index is 2.08. The van der Waals surface area contributed by atoms with Gasteiger partial charge in [0.2, 0.25) is 5.91 Å². The van der Waals surface area contributed by atoms with E-state index in [1.54, 1.807) is 32.2 Å². The summed E-state index contributed by atoms with van der Waals surface area (Å²) >= 11 is 1.37. The molecule has 8 heteroatoms. The summed E-state index contributed by atoms with van der Waals surface area (Å²) < 4.78 is 10.4. The van der Waals surface area contributed by atoms with Crippen LogP contribution in [0.25, 0.3) is 0 Å². The normalized spacial score (nSPS) is 10.4. The standard InChI is InChI=1S/C17H21N3O4S/c1-10-12(16(22)20-17(18-10)25-4)6-8-15(21)19-13-9-11(23-2)5-7-14(13)24-3/h5,7,9H,6,8H2,1-4H3,(H,19,21)(H,18,20,22). The first-order chi connectivity index (χ1) is 12.0. The number of nitrogens with zero attached hydrogens (tertiary/aromatic N) is 1. The average Bonchev–Trinajstić information content (AvgIpc) is 2.60. The number of aromatic amines is 1. The number of rotatable bonds is 7. The number of aromatic nitrogens is 2. The molecular weight excluding hydrogens is 342 g/mol. The molecule has 2 rings (SSSR count). The number of ether oxygens (including phenoxy) is 2. The molecule has 2 N–H and O–H groups in total. The highest BCUT2D eigenvalue weighted by atomic mass is 32.2. The van der Waals surface area contributed by atoms with Crippen LogP contribution in [0.3, 0.4) is 0 Å². The van der Waals surface area contributed by atoms with Crippen LogP contribution in [-0.4, -0.2) is 36.4 Å². The second kappa shape index (κ2) is 8.57. The van der Waals surface area contributed by atoms with Crippen LogP contribution in [0.4, 0.5) is 5.69 Å². The minimum absolute atomic E-state index is 0.157. The lowest BCUT2D eigenvalue weighted by atomic mass is 10.1. The van der Waals surface area contributed by atoms with Gasteiger partial charge in [0.05, 0.1) is 19.9 Å². The third-order valence-corrected chi connectivity index (χ3v) is 4.26. The second-order valence-electron chi connectivity index (χ2n) is 5.25. The second-order valence-corrected chi connectivity index (χ2v) is 6.05. The van der Waals surface area contributed by atoms with Crippen LogP contribution < -0.4 is 20.3 Å². The number of anilines is 1. The maximum Gasteiger partial charge on any atom is 0.254 e. The van der Waals surface area contributed by atoms with Crippen molar-refractivity contribution in [1.82, 2.24) is 9.97 Å². The molecule has 0 bridgehead atoms. The molecule has 0 aliphatic rings. The smallest absolute Gasteiger partial charge is 0.254 e. The molecular formula is C17H21N3O4S. The molecule has 1 amide bonds. The monoisotopic (exact) mass is 363 g/mol. The van der Waals surface area contributed by atoms with Crippen LogP contribution in [0.2, 0.25) is 0 Å². The molecule has 0 aliphatic carbocycles. The molecule has 1 aromatic heterocycles. The van der Waals surface area contributed by atoms with Gasteiger partial charge in [-0.2, -0.15) is 0 Å². The predicted octanol–water partition coefficient (Wildman–Crippen LogP) is 2.39. The summed E-state index contributed by atoms with van der Waals surface area (Å²) in [7, 11) is 3.08. The lowest BCUT2D eigenvalue weighted by Gasteiger charge is -2.12. The van der Waals surface area contributed by atoms with Gasteiger partial charge in [0, 0.05) is 23.7 Å². The van der Waals surface area contributed by atoms with Crippen molar-refractivity contribution in [2.24, 2.45) is 0 Å². The van der Waals surface area contributed by atoms with Gasteiger partial charge in [-0.1, -0.05) is 11.8 Å². The molecule has 0 spiro atoms. The van der Waals surface area contributed by atoms with Gasteiger partial charge in [0.25, 0.3) is 5.56 Å². The third kappa shape index (κ3) is 4.76. The molecule has 1 aromatic carbocycles. The number of H-pyrrole nitrogens is 1. The summed E-state index contributed by atoms with van der Waals surface area (Å²) in [6.07, 6.45) is 2.30. The van der Waals surface area contributed by atoms with Gasteiger partial charge in [0.1, 0.15) is 11.5 Å². The maximum absolute atomic E-state index is 12.3. The lowest BCUT2D eigenvalue weighted by molar-refractivity contribution is -0.116. The van der Waals surface area contributed by atoms with Crippen LogP contribution >= 0.6 is 11.8 Å². The van der Waals surface area contributed by atoms with Gasteiger partial charge < -0.3 is 19.8 Å². The van der Waals surface area contributed by atoms with Crippen LogP contribution in [0, 0.1) is 6.92 Å². The Hall–Kier alpha value is -2.48. The van der Waals surface area contributed by atoms with E-state index in [0.29, 0.717) is 40.0 Å². The van der Waals surface area contributed by atoms with E-state index in [9.17, 15) is 9.59 Å². The molecule has 0 saturated heterocycles. The zero-order chi connectivity index (χ0) is 18.4. The van der Waals surface area contributed by atoms with Gasteiger partial charge >= 0.3 is 0 Å². The first kappa shape index (κ1) is 18.9. The number of carbonyl (C=O) groups excluding carboxylic acids is 1. The SMILES string of the molecule is COc1ccc(OC)c(NC(=O)CCc2c(C)nc(SC)[nH]c2=O)c1. The highest BCUT2D eigenvalue weighted by molar-refractivity contribution is 7.98. The van der Waals surface area contributed by atoms with Gasteiger partial charge in [-0.15, -0.1) is 0 Å². The molecule has 0 unspecified atom stereocenters. The minimum Gasteiger partial charge on any atom is -0.497 e. The summed E-state index contributed by atoms with van der Waals surface area (Å²) in [5.41, 5.74) is 1.47. The minimum atomic E-state index is -0.223. The number of hydrogen-bond acceptors (Lipinski definition) is 6. The Labute approximate surface area is 150 Å². The Morgan fingerprint density at radius 3 is 2.68 bits per heavy atom. The molecule has 0 aliphatic heterocycles. The fourth-order valence-electron chi connectivity index (χ4n) is 2.34. The number of aryl methyl sites for hydroxylation is 1. The topological polar surface area (TPSA) is 93.3 Å². The molecule has 0 radical (unpaired) electrons. The van der Waals surface area contributed by atoms with Crippen molar-refractivity contribution in [3.63, 3.8) is 0 Å². The number of thioether (sulfide) groups is 1. The predicted molar refractivity (Wildman–Crippen MR) is 97.9 cm³/mol. The first-order valence-electron chi connectivity index (χ1n) is 7.64. The molecule has 25 heavy (non-hydrogen) atoms. The Morgan fingerprint density at radius 2 is 2.08 bits per heavy atom. The van der Waals surface area contributed by atoms with Crippen molar-refractivity contribution in [3.8, 4) is 11.5 Å². The number of methoxy groups -OCH3 is 2. The molecule has 134 valence electrons. The van der Waals surface area contributed by atoms with E-state index >= 15 is 0 Å². The van der Waals surface area contributed by atoms with Gasteiger partial charge in [-0.3, -0.25) is 9.59 Å². The maximum atomic E-state index is 12.3. The van der Waals surface area contributed by atoms with Crippen molar-refractivity contribution in [3.05, 3.63) is 39.8 Å². The van der Waals surface area contributed by atoms with Gasteiger partial charge in [-0.05, 0) is 31.7 Å². The molecule has 2 aromatic rings. The van der Waals surface area contributed by atoms with Gasteiger partial charge in [0.15, 0.2) is 5.16 Å². The van der Waals surface area contributed by atoms with Gasteiger partial charge in [-0.25, -0.2) is 4.98 Å². The van der Waals surface area contributed by atoms with E-state index in [4.69, 9.17) is 9.47 Å². The largest absolute Gasteiger partial charge is 0.497 e. The molecule has 1 heterocycles. The summed E-state index contributed by atoms with van der Waals surface area (Å²) in [5, 5.41) is 3.35. The number of nitrogens with one attached hydrogen (secondary N) is 2. The number of benzene rings is 1. The fourth-order valence-corrected chi connectivity index (χ4v) is 2.76. The Morgan fingerprint density at radius 1 is 1.32 bits per heavy atom. The van der Waals surface area contributed by atoms with E-state index in [1.807, 2.05) is 6.26 Å². The molecule has 0 saturated carbocycles. The van der Waals surface area contributed by atoms with Crippen molar-refractivity contribution < 1.29 is 14.3 Å². The number of amides is 1. The van der Waals surface area contributed by atoms with Crippen molar-refractivity contribution >= 4 is 23.4 Å². The zero-order valence-electron chi connectivity index (χ0n) is 14.6. The number of carbonyl (C=O) groups is 1. The van der Waals surface area contributed by atoms with E-state index in [-0.39, 0.29) is 17.9 Å². The number of hydrogen-bond donors (Lipinski definition) is 2. The van der Waals surface area contributed by atoms with Crippen molar-refractivity contribution in [1.29, 1.82) is 0 Å². The van der Waals surface area contributed by atoms with Crippen LogP contribution in [0.1, 0.15) is 17.7 Å². The highest BCUT2D eigenvalue weighted by Crippen LogP contribution is 2.29. The van der Waals surface area contributed by atoms with Crippen LogP contribution in [-0.2, 0) is 11.2 Å². The average molecular weight is 363 g/mol.